The lowest BCUT2D eigenvalue weighted by atomic mass is 10.1. The predicted octanol–water partition coefficient (Wildman–Crippen LogP) is 3.07. The first-order chi connectivity index (χ1) is 10.1. The van der Waals surface area contributed by atoms with Gasteiger partial charge in [-0.05, 0) is 50.3 Å². The topological polar surface area (TPSA) is 37.4 Å². The molecule has 1 aromatic carbocycles. The zero-order chi connectivity index (χ0) is 15.2. The molecule has 4 heteroatoms. The highest BCUT2D eigenvalue weighted by Crippen LogP contribution is 2.26. The van der Waals surface area contributed by atoms with Gasteiger partial charge in [0.2, 0.25) is 0 Å². The highest BCUT2D eigenvalue weighted by atomic mass is 16.5. The molecule has 112 valence electrons. The van der Waals surface area contributed by atoms with Crippen LogP contribution in [0.25, 0.3) is 0 Å². The summed E-state index contributed by atoms with van der Waals surface area (Å²) >= 11 is 0. The lowest BCUT2D eigenvalue weighted by molar-refractivity contribution is 0.400. The Morgan fingerprint density at radius 2 is 2.00 bits per heavy atom. The van der Waals surface area contributed by atoms with E-state index in [0.29, 0.717) is 6.54 Å². The van der Waals surface area contributed by atoms with Crippen LogP contribution < -0.4 is 10.1 Å². The second-order valence-corrected chi connectivity index (χ2v) is 5.45. The van der Waals surface area contributed by atoms with E-state index < -0.39 is 0 Å². The van der Waals surface area contributed by atoms with Gasteiger partial charge in [-0.25, -0.2) is 0 Å². The molecular weight excluding hydrogens is 262 g/mol. The molecule has 1 heterocycles. The van der Waals surface area contributed by atoms with Gasteiger partial charge in [-0.2, -0.15) is 0 Å². The summed E-state index contributed by atoms with van der Waals surface area (Å²) in [6.45, 7) is 3.63. The van der Waals surface area contributed by atoms with Gasteiger partial charge in [-0.15, -0.1) is 0 Å². The Morgan fingerprint density at radius 1 is 1.19 bits per heavy atom. The van der Waals surface area contributed by atoms with Crippen molar-refractivity contribution in [3.8, 4) is 5.75 Å². The van der Waals surface area contributed by atoms with E-state index in [-0.39, 0.29) is 0 Å². The molecule has 0 saturated carbocycles. The highest BCUT2D eigenvalue weighted by molar-refractivity contribution is 5.58. The molecule has 1 aromatic heterocycles. The first kappa shape index (κ1) is 15.3. The smallest absolute Gasteiger partial charge is 0.141 e. The number of pyridine rings is 1. The number of nitrogens with zero attached hydrogens (tertiary/aromatic N) is 2. The third-order valence-corrected chi connectivity index (χ3v) is 3.20. The van der Waals surface area contributed by atoms with Gasteiger partial charge >= 0.3 is 0 Å². The molecule has 0 atom stereocenters. The van der Waals surface area contributed by atoms with E-state index in [9.17, 15) is 0 Å². The van der Waals surface area contributed by atoms with Crippen molar-refractivity contribution in [1.29, 1.82) is 0 Å². The maximum Gasteiger partial charge on any atom is 0.141 e. The van der Waals surface area contributed by atoms with Gasteiger partial charge in [-0.3, -0.25) is 4.98 Å². The molecule has 0 bridgehead atoms. The molecule has 2 rings (SSSR count). The van der Waals surface area contributed by atoms with E-state index in [2.05, 4.69) is 47.5 Å². The molecule has 0 fully saturated rings. The number of benzene rings is 1. The molecule has 0 unspecified atom stereocenters. The van der Waals surface area contributed by atoms with Gasteiger partial charge in [0, 0.05) is 12.7 Å². The van der Waals surface area contributed by atoms with Crippen LogP contribution in [0.3, 0.4) is 0 Å². The number of rotatable bonds is 6. The van der Waals surface area contributed by atoms with Crippen LogP contribution in [-0.4, -0.2) is 31.1 Å². The van der Waals surface area contributed by atoms with E-state index in [1.807, 2.05) is 25.3 Å². The summed E-state index contributed by atoms with van der Waals surface area (Å²) in [5.41, 5.74) is 4.43. The molecular formula is C17H23N3O. The number of aromatic nitrogens is 1. The quantitative estimate of drug-likeness (QED) is 0.885. The van der Waals surface area contributed by atoms with Crippen LogP contribution in [0.15, 0.2) is 36.5 Å². The van der Waals surface area contributed by atoms with E-state index in [1.54, 1.807) is 7.11 Å². The Balaban J connectivity index is 2.11. The van der Waals surface area contributed by atoms with Gasteiger partial charge in [-0.1, -0.05) is 12.1 Å². The van der Waals surface area contributed by atoms with Crippen LogP contribution in [0.2, 0.25) is 0 Å². The van der Waals surface area contributed by atoms with Crippen molar-refractivity contribution in [1.82, 2.24) is 9.88 Å². The standard InChI is InChI=1S/C17H23N3O/c1-13-5-7-15(18-10-13)11-19-16-9-14(12-20(2)3)6-8-17(16)21-4/h5-10,19H,11-12H2,1-4H3. The SMILES string of the molecule is COc1ccc(CN(C)C)cc1NCc1ccc(C)cn1. The van der Waals surface area contributed by atoms with Crippen LogP contribution in [0.1, 0.15) is 16.8 Å². The van der Waals surface area contributed by atoms with E-state index in [0.717, 1.165) is 23.7 Å². The van der Waals surface area contributed by atoms with E-state index >= 15 is 0 Å². The molecule has 21 heavy (non-hydrogen) atoms. The Hall–Kier alpha value is -2.07. The Kier molecular flexibility index (Phi) is 5.17. The minimum absolute atomic E-state index is 0.683. The Labute approximate surface area is 126 Å². The molecule has 0 aliphatic carbocycles. The van der Waals surface area contributed by atoms with E-state index in [4.69, 9.17) is 4.74 Å². The summed E-state index contributed by atoms with van der Waals surface area (Å²) in [4.78, 5) is 6.55. The summed E-state index contributed by atoms with van der Waals surface area (Å²) in [5, 5.41) is 3.41. The molecule has 4 nitrogen and oxygen atoms in total. The van der Waals surface area contributed by atoms with Crippen molar-refractivity contribution in [2.45, 2.75) is 20.0 Å². The van der Waals surface area contributed by atoms with Crippen LogP contribution in [-0.2, 0) is 13.1 Å². The molecule has 1 N–H and O–H groups in total. The molecule has 0 saturated heterocycles. The maximum atomic E-state index is 5.42. The van der Waals surface area contributed by atoms with Crippen LogP contribution in [0.5, 0.6) is 5.75 Å². The monoisotopic (exact) mass is 285 g/mol. The molecule has 0 aliphatic heterocycles. The number of aryl methyl sites for hydroxylation is 1. The van der Waals surface area contributed by atoms with Crippen LogP contribution in [0, 0.1) is 6.92 Å². The fraction of sp³-hybridized carbons (Fsp3) is 0.353. The van der Waals surface area contributed by atoms with Gasteiger partial charge in [0.15, 0.2) is 0 Å². The number of hydrogen-bond donors (Lipinski definition) is 1. The van der Waals surface area contributed by atoms with Gasteiger partial charge in [0.1, 0.15) is 5.75 Å². The third-order valence-electron chi connectivity index (χ3n) is 3.20. The van der Waals surface area contributed by atoms with Crippen molar-refractivity contribution in [3.63, 3.8) is 0 Å². The van der Waals surface area contributed by atoms with Crippen LogP contribution in [0.4, 0.5) is 5.69 Å². The molecule has 0 radical (unpaired) electrons. The number of methoxy groups -OCH3 is 1. The minimum atomic E-state index is 0.683. The summed E-state index contributed by atoms with van der Waals surface area (Å²) < 4.78 is 5.42. The average molecular weight is 285 g/mol. The minimum Gasteiger partial charge on any atom is -0.495 e. The molecule has 0 amide bonds. The first-order valence-electron chi connectivity index (χ1n) is 7.05. The number of hydrogen-bond acceptors (Lipinski definition) is 4. The van der Waals surface area contributed by atoms with Crippen molar-refractivity contribution in [2.24, 2.45) is 0 Å². The van der Waals surface area contributed by atoms with Gasteiger partial charge in [0.05, 0.1) is 25.0 Å². The first-order valence-corrected chi connectivity index (χ1v) is 7.05. The van der Waals surface area contributed by atoms with Crippen molar-refractivity contribution in [2.75, 3.05) is 26.5 Å². The number of nitrogens with one attached hydrogen (secondary N) is 1. The molecule has 2 aromatic rings. The van der Waals surface area contributed by atoms with Gasteiger partial charge < -0.3 is 15.0 Å². The number of ether oxygens (including phenoxy) is 1. The van der Waals surface area contributed by atoms with Crippen molar-refractivity contribution >= 4 is 5.69 Å². The lowest BCUT2D eigenvalue weighted by Crippen LogP contribution is -2.11. The van der Waals surface area contributed by atoms with E-state index in [1.165, 1.54) is 11.1 Å². The summed E-state index contributed by atoms with van der Waals surface area (Å²) in [6.07, 6.45) is 1.89. The zero-order valence-corrected chi connectivity index (χ0v) is 13.2. The summed E-state index contributed by atoms with van der Waals surface area (Å²) in [6, 6.07) is 10.3. The highest BCUT2D eigenvalue weighted by Gasteiger charge is 2.05. The van der Waals surface area contributed by atoms with Gasteiger partial charge in [0.25, 0.3) is 0 Å². The maximum absolute atomic E-state index is 5.42. The zero-order valence-electron chi connectivity index (χ0n) is 13.2. The predicted molar refractivity (Wildman–Crippen MR) is 86.7 cm³/mol. The fourth-order valence-electron chi connectivity index (χ4n) is 2.15. The summed E-state index contributed by atoms with van der Waals surface area (Å²) in [7, 11) is 5.82. The Bertz CT molecular complexity index is 579. The Morgan fingerprint density at radius 3 is 2.62 bits per heavy atom. The molecule has 0 aliphatic rings. The largest absolute Gasteiger partial charge is 0.495 e. The normalized spacial score (nSPS) is 10.7. The molecule has 0 spiro atoms. The number of anilines is 1. The average Bonchev–Trinajstić information content (AvgIpc) is 2.46. The second-order valence-electron chi connectivity index (χ2n) is 5.45. The van der Waals surface area contributed by atoms with Crippen molar-refractivity contribution < 1.29 is 4.74 Å². The third kappa shape index (κ3) is 4.46. The second kappa shape index (κ2) is 7.09. The summed E-state index contributed by atoms with van der Waals surface area (Å²) in [5.74, 6) is 0.851. The fourth-order valence-corrected chi connectivity index (χ4v) is 2.15. The van der Waals surface area contributed by atoms with Crippen LogP contribution >= 0.6 is 0 Å². The van der Waals surface area contributed by atoms with Crippen molar-refractivity contribution in [3.05, 3.63) is 53.3 Å². The lowest BCUT2D eigenvalue weighted by Gasteiger charge is -2.15.